The minimum atomic E-state index is -3.62. The highest BCUT2D eigenvalue weighted by molar-refractivity contribution is 14.1. The van der Waals surface area contributed by atoms with Crippen molar-refractivity contribution in [3.05, 3.63) is 44.7 Å². The van der Waals surface area contributed by atoms with Gasteiger partial charge in [-0.15, -0.1) is 0 Å². The molecule has 0 aliphatic heterocycles. The molecule has 0 aliphatic rings. The second-order valence-electron chi connectivity index (χ2n) is 4.63. The predicted octanol–water partition coefficient (Wildman–Crippen LogP) is 3.17. The zero-order valence-corrected chi connectivity index (χ0v) is 15.8. The van der Waals surface area contributed by atoms with Crippen LogP contribution < -0.4 is 5.32 Å². The summed E-state index contributed by atoms with van der Waals surface area (Å²) in [5, 5.41) is 2.23. The van der Waals surface area contributed by atoms with Crippen LogP contribution in [0.25, 0.3) is 0 Å². The number of rotatable bonds is 5. The van der Waals surface area contributed by atoms with Gasteiger partial charge >= 0.3 is 0 Å². The third-order valence-corrected chi connectivity index (χ3v) is 5.42. The number of benzene rings is 1. The van der Waals surface area contributed by atoms with Crippen LogP contribution in [0.15, 0.2) is 35.6 Å². The number of amides is 1. The van der Waals surface area contributed by atoms with Crippen molar-refractivity contribution in [3.8, 4) is 0 Å². The largest absolute Gasteiger partial charge is 0.321 e. The Morgan fingerprint density at radius 3 is 2.78 bits per heavy atom. The first-order valence-electron chi connectivity index (χ1n) is 6.65. The van der Waals surface area contributed by atoms with Crippen LogP contribution in [0.3, 0.4) is 0 Å². The SMILES string of the molecule is CCCS(=O)(=O)c1ncc(Cl)c(C(=O)Nc2cccc(I)c2)n1. The van der Waals surface area contributed by atoms with Gasteiger partial charge in [0.1, 0.15) is 0 Å². The number of nitrogens with one attached hydrogen (secondary N) is 1. The van der Waals surface area contributed by atoms with E-state index in [0.717, 1.165) is 9.77 Å². The van der Waals surface area contributed by atoms with E-state index in [9.17, 15) is 13.2 Å². The summed E-state index contributed by atoms with van der Waals surface area (Å²) in [6.07, 6.45) is 1.55. The summed E-state index contributed by atoms with van der Waals surface area (Å²) in [7, 11) is -3.62. The second kappa shape index (κ2) is 7.54. The Balaban J connectivity index is 2.33. The van der Waals surface area contributed by atoms with Gasteiger partial charge in [0.05, 0.1) is 17.0 Å². The fourth-order valence-electron chi connectivity index (χ4n) is 1.78. The van der Waals surface area contributed by atoms with Crippen molar-refractivity contribution in [1.29, 1.82) is 0 Å². The van der Waals surface area contributed by atoms with E-state index in [4.69, 9.17) is 11.6 Å². The predicted molar refractivity (Wildman–Crippen MR) is 96.5 cm³/mol. The van der Waals surface area contributed by atoms with E-state index < -0.39 is 20.9 Å². The van der Waals surface area contributed by atoms with Gasteiger partial charge in [0.15, 0.2) is 5.69 Å². The molecular formula is C14H13ClIN3O3S. The first-order valence-corrected chi connectivity index (χ1v) is 9.76. The first kappa shape index (κ1) is 18.1. The highest BCUT2D eigenvalue weighted by atomic mass is 127. The van der Waals surface area contributed by atoms with Gasteiger partial charge in [-0.25, -0.2) is 18.4 Å². The van der Waals surface area contributed by atoms with Crippen molar-refractivity contribution in [2.75, 3.05) is 11.1 Å². The molecular weight excluding hydrogens is 453 g/mol. The Hall–Kier alpha value is -1.26. The average molecular weight is 466 g/mol. The smallest absolute Gasteiger partial charge is 0.275 e. The molecule has 9 heteroatoms. The molecule has 0 spiro atoms. The van der Waals surface area contributed by atoms with Crippen LogP contribution in [0, 0.1) is 3.57 Å². The van der Waals surface area contributed by atoms with Gasteiger partial charge in [-0.1, -0.05) is 24.6 Å². The summed E-state index contributed by atoms with van der Waals surface area (Å²) in [5.74, 6) is -0.681. The van der Waals surface area contributed by atoms with E-state index >= 15 is 0 Å². The summed E-state index contributed by atoms with van der Waals surface area (Å²) < 4.78 is 25.0. The Morgan fingerprint density at radius 2 is 2.13 bits per heavy atom. The van der Waals surface area contributed by atoms with Gasteiger partial charge in [0, 0.05) is 9.26 Å². The maximum absolute atomic E-state index is 12.3. The molecule has 23 heavy (non-hydrogen) atoms. The van der Waals surface area contributed by atoms with E-state index in [1.807, 2.05) is 6.07 Å². The van der Waals surface area contributed by atoms with E-state index in [-0.39, 0.29) is 16.5 Å². The van der Waals surface area contributed by atoms with E-state index in [1.165, 1.54) is 0 Å². The highest BCUT2D eigenvalue weighted by Crippen LogP contribution is 2.18. The zero-order valence-electron chi connectivity index (χ0n) is 12.1. The molecule has 2 rings (SSSR count). The monoisotopic (exact) mass is 465 g/mol. The molecule has 1 aromatic heterocycles. The number of halogens is 2. The van der Waals surface area contributed by atoms with Gasteiger partial charge in [0.2, 0.25) is 15.0 Å². The normalized spacial score (nSPS) is 11.3. The van der Waals surface area contributed by atoms with Crippen LogP contribution in [-0.4, -0.2) is 30.0 Å². The van der Waals surface area contributed by atoms with Crippen molar-refractivity contribution >= 4 is 55.6 Å². The van der Waals surface area contributed by atoms with Crippen molar-refractivity contribution in [2.45, 2.75) is 18.5 Å². The number of nitrogens with zero attached hydrogens (tertiary/aromatic N) is 2. The number of hydrogen-bond acceptors (Lipinski definition) is 5. The summed E-state index contributed by atoms with van der Waals surface area (Å²) in [6, 6.07) is 7.14. The summed E-state index contributed by atoms with van der Waals surface area (Å²) >= 11 is 8.05. The molecule has 1 N–H and O–H groups in total. The standard InChI is InChI=1S/C14H13ClIN3O3S/c1-2-6-23(21,22)14-17-8-11(15)12(19-14)13(20)18-10-5-3-4-9(16)7-10/h3-5,7-8H,2,6H2,1H3,(H,18,20). The molecule has 1 amide bonds. The Bertz CT molecular complexity index is 843. The number of hydrogen-bond donors (Lipinski definition) is 1. The first-order chi connectivity index (χ1) is 10.8. The molecule has 0 saturated carbocycles. The molecule has 0 fully saturated rings. The van der Waals surface area contributed by atoms with Gasteiger partial charge < -0.3 is 5.32 Å². The van der Waals surface area contributed by atoms with Crippen LogP contribution in [0.5, 0.6) is 0 Å². The second-order valence-corrected chi connectivity index (χ2v) is 8.29. The summed E-state index contributed by atoms with van der Waals surface area (Å²) in [4.78, 5) is 19.9. The third kappa shape index (κ3) is 4.61. The number of sulfone groups is 1. The van der Waals surface area contributed by atoms with E-state index in [0.29, 0.717) is 12.1 Å². The summed E-state index contributed by atoms with van der Waals surface area (Å²) in [5.41, 5.74) is 0.393. The zero-order chi connectivity index (χ0) is 17.0. The number of aromatic nitrogens is 2. The van der Waals surface area contributed by atoms with Gasteiger partial charge in [-0.05, 0) is 47.2 Å². The molecule has 122 valence electrons. The Morgan fingerprint density at radius 1 is 1.39 bits per heavy atom. The molecule has 1 aromatic carbocycles. The number of carbonyl (C=O) groups is 1. The molecule has 0 aliphatic carbocycles. The molecule has 6 nitrogen and oxygen atoms in total. The van der Waals surface area contributed by atoms with Crippen molar-refractivity contribution in [1.82, 2.24) is 9.97 Å². The lowest BCUT2D eigenvalue weighted by Crippen LogP contribution is -2.18. The fraction of sp³-hybridized carbons (Fsp3) is 0.214. The minimum absolute atomic E-state index is 0.0106. The van der Waals surface area contributed by atoms with Crippen molar-refractivity contribution < 1.29 is 13.2 Å². The van der Waals surface area contributed by atoms with Gasteiger partial charge in [0.25, 0.3) is 5.91 Å². The molecule has 0 unspecified atom stereocenters. The molecule has 0 atom stereocenters. The lowest BCUT2D eigenvalue weighted by atomic mass is 10.3. The summed E-state index contributed by atoms with van der Waals surface area (Å²) in [6.45, 7) is 1.73. The Kier molecular flexibility index (Phi) is 5.93. The lowest BCUT2D eigenvalue weighted by Gasteiger charge is -2.08. The van der Waals surface area contributed by atoms with Crippen molar-refractivity contribution in [3.63, 3.8) is 0 Å². The molecule has 2 aromatic rings. The van der Waals surface area contributed by atoms with E-state index in [2.05, 4.69) is 37.9 Å². The maximum atomic E-state index is 12.3. The molecule has 0 radical (unpaired) electrons. The van der Waals surface area contributed by atoms with Gasteiger partial charge in [-0.2, -0.15) is 0 Å². The van der Waals surface area contributed by atoms with E-state index in [1.54, 1.807) is 25.1 Å². The Labute approximate surface area is 152 Å². The minimum Gasteiger partial charge on any atom is -0.321 e. The molecule has 0 saturated heterocycles. The molecule has 1 heterocycles. The quantitative estimate of drug-likeness (QED) is 0.541. The van der Waals surface area contributed by atoms with Crippen LogP contribution >= 0.6 is 34.2 Å². The number of anilines is 1. The topological polar surface area (TPSA) is 89.0 Å². The maximum Gasteiger partial charge on any atom is 0.275 e. The average Bonchev–Trinajstić information content (AvgIpc) is 2.47. The third-order valence-electron chi connectivity index (χ3n) is 2.77. The molecule has 0 bridgehead atoms. The highest BCUT2D eigenvalue weighted by Gasteiger charge is 2.21. The van der Waals surface area contributed by atoms with Crippen LogP contribution in [0.2, 0.25) is 5.02 Å². The lowest BCUT2D eigenvalue weighted by molar-refractivity contribution is 0.102. The number of carbonyl (C=O) groups excluding carboxylic acids is 1. The fourth-order valence-corrected chi connectivity index (χ4v) is 3.66. The van der Waals surface area contributed by atoms with Crippen molar-refractivity contribution in [2.24, 2.45) is 0 Å². The van der Waals surface area contributed by atoms with Gasteiger partial charge in [-0.3, -0.25) is 4.79 Å². The van der Waals surface area contributed by atoms with Crippen LogP contribution in [0.4, 0.5) is 5.69 Å². The van der Waals surface area contributed by atoms with Crippen LogP contribution in [-0.2, 0) is 9.84 Å². The van der Waals surface area contributed by atoms with Crippen LogP contribution in [0.1, 0.15) is 23.8 Å².